The van der Waals surface area contributed by atoms with Crippen LogP contribution in [0.1, 0.15) is 0 Å². The van der Waals surface area contributed by atoms with Crippen molar-refractivity contribution in [3.63, 3.8) is 0 Å². The zero-order chi connectivity index (χ0) is 13.5. The van der Waals surface area contributed by atoms with Crippen molar-refractivity contribution in [2.45, 2.75) is 0 Å². The molecule has 92 valence electrons. The Labute approximate surface area is 104 Å². The van der Waals surface area contributed by atoms with Crippen LogP contribution in [-0.4, -0.2) is 22.9 Å². The van der Waals surface area contributed by atoms with Gasteiger partial charge >= 0.3 is 5.97 Å². The van der Waals surface area contributed by atoms with Crippen LogP contribution in [0.25, 0.3) is 0 Å². The van der Waals surface area contributed by atoms with Crippen LogP contribution in [0.3, 0.4) is 0 Å². The lowest BCUT2D eigenvalue weighted by molar-refractivity contribution is -0.131. The van der Waals surface area contributed by atoms with E-state index in [9.17, 15) is 14.4 Å². The minimum Gasteiger partial charge on any atom is -0.478 e. The van der Waals surface area contributed by atoms with E-state index >= 15 is 0 Å². The van der Waals surface area contributed by atoms with Gasteiger partial charge in [0.2, 0.25) is 0 Å². The van der Waals surface area contributed by atoms with Gasteiger partial charge < -0.3 is 5.11 Å². The first-order chi connectivity index (χ1) is 8.56. The van der Waals surface area contributed by atoms with Crippen LogP contribution in [0.5, 0.6) is 0 Å². The summed E-state index contributed by atoms with van der Waals surface area (Å²) in [7, 11) is 0. The number of para-hydroxylation sites is 1. The molecule has 0 saturated heterocycles. The topological polar surface area (TPSA) is 74.7 Å². The molecule has 2 rings (SSSR count). The maximum atomic E-state index is 11.2. The number of hydrogen-bond acceptors (Lipinski definition) is 3. The Hall–Kier alpha value is -2.69. The highest BCUT2D eigenvalue weighted by Gasteiger charge is 2.24. The number of rotatable bonds is 2. The van der Waals surface area contributed by atoms with Crippen molar-refractivity contribution in [2.24, 2.45) is 0 Å². The third-order valence-electron chi connectivity index (χ3n) is 2.00. The van der Waals surface area contributed by atoms with Gasteiger partial charge in [-0.1, -0.05) is 24.8 Å². The summed E-state index contributed by atoms with van der Waals surface area (Å²) >= 11 is 0. The van der Waals surface area contributed by atoms with Gasteiger partial charge in [0.1, 0.15) is 0 Å². The molecule has 1 heterocycles. The molecule has 18 heavy (non-hydrogen) atoms. The first-order valence-electron chi connectivity index (χ1n) is 5.03. The van der Waals surface area contributed by atoms with Gasteiger partial charge in [0.15, 0.2) is 0 Å². The summed E-state index contributed by atoms with van der Waals surface area (Å²) in [6, 6.07) is 8.86. The van der Waals surface area contributed by atoms with Crippen LogP contribution in [0.2, 0.25) is 0 Å². The Balaban J connectivity index is 0.000000280. The van der Waals surface area contributed by atoms with E-state index in [-0.39, 0.29) is 11.8 Å². The number of anilines is 1. The van der Waals surface area contributed by atoms with Crippen LogP contribution in [-0.2, 0) is 14.4 Å². The van der Waals surface area contributed by atoms with Crippen molar-refractivity contribution in [3.8, 4) is 0 Å². The molecule has 1 aliphatic rings. The fourth-order valence-corrected chi connectivity index (χ4v) is 1.23. The van der Waals surface area contributed by atoms with Crippen LogP contribution in [0.4, 0.5) is 5.69 Å². The van der Waals surface area contributed by atoms with Gasteiger partial charge in [0, 0.05) is 18.2 Å². The molecule has 0 radical (unpaired) electrons. The predicted octanol–water partition coefficient (Wildman–Crippen LogP) is 1.37. The fourth-order valence-electron chi connectivity index (χ4n) is 1.23. The van der Waals surface area contributed by atoms with Gasteiger partial charge in [0.25, 0.3) is 11.8 Å². The Kier molecular flexibility index (Phi) is 4.57. The average Bonchev–Trinajstić information content (AvgIpc) is 2.71. The quantitative estimate of drug-likeness (QED) is 0.630. The van der Waals surface area contributed by atoms with E-state index in [1.807, 2.05) is 6.07 Å². The molecule has 1 aliphatic heterocycles. The van der Waals surface area contributed by atoms with Crippen molar-refractivity contribution in [1.82, 2.24) is 0 Å². The number of carbonyl (C=O) groups excluding carboxylic acids is 2. The summed E-state index contributed by atoms with van der Waals surface area (Å²) in [5.74, 6) is -1.54. The molecule has 0 bridgehead atoms. The van der Waals surface area contributed by atoms with Gasteiger partial charge in [-0.25, -0.2) is 9.69 Å². The van der Waals surface area contributed by atoms with Gasteiger partial charge in [0.05, 0.1) is 5.69 Å². The zero-order valence-corrected chi connectivity index (χ0v) is 9.45. The molecule has 0 fully saturated rings. The van der Waals surface area contributed by atoms with E-state index in [4.69, 9.17) is 5.11 Å². The van der Waals surface area contributed by atoms with Gasteiger partial charge in [-0.2, -0.15) is 0 Å². The summed E-state index contributed by atoms with van der Waals surface area (Å²) in [5, 5.41) is 7.60. The molecule has 1 aromatic carbocycles. The molecule has 0 spiro atoms. The Bertz CT molecular complexity index is 487. The SMILES string of the molecule is C=CC(=O)O.O=C1C=CC(=O)N1c1ccccc1. The van der Waals surface area contributed by atoms with Crippen LogP contribution in [0.15, 0.2) is 55.1 Å². The number of carbonyl (C=O) groups is 3. The molecular weight excluding hydrogens is 234 g/mol. The normalized spacial score (nSPS) is 13.0. The van der Waals surface area contributed by atoms with Gasteiger partial charge in [-0.05, 0) is 12.1 Å². The van der Waals surface area contributed by atoms with Crippen LogP contribution < -0.4 is 4.90 Å². The number of imide groups is 1. The van der Waals surface area contributed by atoms with Crippen LogP contribution in [0, 0.1) is 0 Å². The molecule has 5 nitrogen and oxygen atoms in total. The standard InChI is InChI=1S/C10H7NO2.C3H4O2/c12-9-6-7-10(13)11(9)8-4-2-1-3-5-8;1-2-3(4)5/h1-7H;2H,1H2,(H,4,5). The first-order valence-corrected chi connectivity index (χ1v) is 5.03. The lowest BCUT2D eigenvalue weighted by Crippen LogP contribution is -2.29. The lowest BCUT2D eigenvalue weighted by Gasteiger charge is -2.12. The van der Waals surface area contributed by atoms with E-state index in [0.29, 0.717) is 5.69 Å². The number of carboxylic acids is 1. The smallest absolute Gasteiger partial charge is 0.327 e. The van der Waals surface area contributed by atoms with Crippen molar-refractivity contribution < 1.29 is 19.5 Å². The summed E-state index contributed by atoms with van der Waals surface area (Å²) in [5.41, 5.74) is 0.613. The minimum absolute atomic E-state index is 0.281. The number of benzene rings is 1. The second-order valence-electron chi connectivity index (χ2n) is 3.22. The number of hydrogen-bond donors (Lipinski definition) is 1. The predicted molar refractivity (Wildman–Crippen MR) is 65.9 cm³/mol. The third kappa shape index (κ3) is 3.41. The highest BCUT2D eigenvalue weighted by molar-refractivity contribution is 6.28. The zero-order valence-electron chi connectivity index (χ0n) is 9.45. The van der Waals surface area contributed by atoms with Crippen molar-refractivity contribution >= 4 is 23.5 Å². The highest BCUT2D eigenvalue weighted by Crippen LogP contribution is 2.17. The molecule has 0 unspecified atom stereocenters. The van der Waals surface area contributed by atoms with Gasteiger partial charge in [-0.3, -0.25) is 9.59 Å². The third-order valence-corrected chi connectivity index (χ3v) is 2.00. The van der Waals surface area contributed by atoms with E-state index in [0.717, 1.165) is 11.0 Å². The number of carboxylic acid groups (broad SMARTS) is 1. The molecule has 0 atom stereocenters. The van der Waals surface area contributed by atoms with Gasteiger partial charge in [-0.15, -0.1) is 0 Å². The summed E-state index contributed by atoms with van der Waals surface area (Å²) < 4.78 is 0. The Morgan fingerprint density at radius 3 is 1.94 bits per heavy atom. The molecule has 0 aromatic heterocycles. The molecule has 0 saturated carbocycles. The van der Waals surface area contributed by atoms with E-state index < -0.39 is 5.97 Å². The van der Waals surface area contributed by atoms with Crippen molar-refractivity contribution in [2.75, 3.05) is 4.90 Å². The largest absolute Gasteiger partial charge is 0.478 e. The number of amides is 2. The average molecular weight is 245 g/mol. The number of aliphatic carboxylic acids is 1. The summed E-state index contributed by atoms with van der Waals surface area (Å²) in [6.07, 6.45) is 3.38. The van der Waals surface area contributed by atoms with Crippen LogP contribution >= 0.6 is 0 Å². The minimum atomic E-state index is -0.981. The van der Waals surface area contributed by atoms with Crippen molar-refractivity contribution in [1.29, 1.82) is 0 Å². The molecule has 1 N–H and O–H groups in total. The molecule has 5 heteroatoms. The fraction of sp³-hybridized carbons (Fsp3) is 0. The monoisotopic (exact) mass is 245 g/mol. The maximum absolute atomic E-state index is 11.2. The van der Waals surface area contributed by atoms with E-state index in [2.05, 4.69) is 6.58 Å². The summed E-state index contributed by atoms with van der Waals surface area (Å²) in [4.78, 5) is 32.8. The lowest BCUT2D eigenvalue weighted by atomic mass is 10.3. The first kappa shape index (κ1) is 13.4. The highest BCUT2D eigenvalue weighted by atomic mass is 16.4. The molecule has 0 aliphatic carbocycles. The molecule has 2 amide bonds. The maximum Gasteiger partial charge on any atom is 0.327 e. The second kappa shape index (κ2) is 6.15. The Morgan fingerprint density at radius 2 is 1.56 bits per heavy atom. The second-order valence-corrected chi connectivity index (χ2v) is 3.22. The summed E-state index contributed by atoms with van der Waals surface area (Å²) in [6.45, 7) is 2.96. The molecule has 1 aromatic rings. The van der Waals surface area contributed by atoms with E-state index in [1.165, 1.54) is 12.2 Å². The van der Waals surface area contributed by atoms with Crippen molar-refractivity contribution in [3.05, 3.63) is 55.1 Å². The number of nitrogens with zero attached hydrogens (tertiary/aromatic N) is 1. The van der Waals surface area contributed by atoms with E-state index in [1.54, 1.807) is 24.3 Å². The molecular formula is C13H11NO4. The Morgan fingerprint density at radius 1 is 1.11 bits per heavy atom.